The molecule has 0 heterocycles. The molecule has 0 aliphatic rings. The average molecular weight is 455 g/mol. The van der Waals surface area contributed by atoms with Crippen molar-refractivity contribution in [3.63, 3.8) is 0 Å². The topological polar surface area (TPSA) is 67.4 Å². The van der Waals surface area contributed by atoms with Gasteiger partial charge in [-0.2, -0.15) is 0 Å². The van der Waals surface area contributed by atoms with E-state index in [9.17, 15) is 9.59 Å². The second kappa shape index (κ2) is 11.7. The van der Waals surface area contributed by atoms with Gasteiger partial charge in [-0.05, 0) is 55.4 Å². The molecule has 0 saturated heterocycles. The molecular formula is C23H39ClN2O3Si. The zero-order chi connectivity index (χ0) is 23.8. The van der Waals surface area contributed by atoms with Crippen molar-refractivity contribution in [1.82, 2.24) is 10.6 Å². The summed E-state index contributed by atoms with van der Waals surface area (Å²) in [7, 11) is -1.95. The van der Waals surface area contributed by atoms with Crippen molar-refractivity contribution in [1.29, 1.82) is 0 Å². The number of allylic oxidation sites excluding steroid dienone is 1. The number of hydrogen-bond donors (Lipinski definition) is 2. The van der Waals surface area contributed by atoms with Gasteiger partial charge in [0.05, 0.1) is 6.10 Å². The Morgan fingerprint density at radius 2 is 1.73 bits per heavy atom. The summed E-state index contributed by atoms with van der Waals surface area (Å²) in [6.07, 6.45) is 11.8. The summed E-state index contributed by atoms with van der Waals surface area (Å²) in [4.78, 5) is 24.1. The normalized spacial score (nSPS) is 15.4. The predicted molar refractivity (Wildman–Crippen MR) is 128 cm³/mol. The molecule has 0 saturated carbocycles. The molecule has 0 aromatic carbocycles. The molecule has 0 aromatic rings. The maximum Gasteiger partial charge on any atom is 0.296 e. The minimum Gasteiger partial charge on any atom is -0.413 e. The quantitative estimate of drug-likeness (QED) is 0.376. The Kier molecular flexibility index (Phi) is 11.1. The van der Waals surface area contributed by atoms with Crippen molar-refractivity contribution < 1.29 is 14.0 Å². The Bertz CT molecular complexity index is 691. The van der Waals surface area contributed by atoms with Crippen LogP contribution in [-0.4, -0.2) is 32.3 Å². The smallest absolute Gasteiger partial charge is 0.296 e. The summed E-state index contributed by atoms with van der Waals surface area (Å²) in [5, 5.41) is 6.14. The van der Waals surface area contributed by atoms with E-state index < -0.39 is 25.7 Å². The maximum atomic E-state index is 12.6. The number of nitrogens with one attached hydrogen (secondary N) is 2. The lowest BCUT2D eigenvalue weighted by atomic mass is 9.86. The summed E-state index contributed by atoms with van der Waals surface area (Å²) < 4.78 is 6.52. The van der Waals surface area contributed by atoms with Crippen LogP contribution < -0.4 is 10.6 Å². The molecular weight excluding hydrogens is 416 g/mol. The highest BCUT2D eigenvalue weighted by Gasteiger charge is 2.38. The monoisotopic (exact) mass is 454 g/mol. The van der Waals surface area contributed by atoms with E-state index in [1.165, 1.54) is 0 Å². The van der Waals surface area contributed by atoms with Crippen molar-refractivity contribution in [3.8, 4) is 12.3 Å². The van der Waals surface area contributed by atoms with E-state index in [1.54, 1.807) is 6.20 Å². The van der Waals surface area contributed by atoms with Gasteiger partial charge < -0.3 is 15.1 Å². The van der Waals surface area contributed by atoms with E-state index in [1.807, 2.05) is 45.8 Å². The van der Waals surface area contributed by atoms with Crippen LogP contribution in [0.5, 0.6) is 0 Å². The lowest BCUT2D eigenvalue weighted by Gasteiger charge is -2.39. The Hall–Kier alpha value is -1.55. The van der Waals surface area contributed by atoms with Gasteiger partial charge in [0.2, 0.25) is 5.91 Å². The van der Waals surface area contributed by atoms with Crippen LogP contribution in [0.1, 0.15) is 61.3 Å². The zero-order valence-corrected chi connectivity index (χ0v) is 21.7. The fourth-order valence-electron chi connectivity index (χ4n) is 2.37. The van der Waals surface area contributed by atoms with Gasteiger partial charge in [-0.15, -0.1) is 6.42 Å². The van der Waals surface area contributed by atoms with Crippen LogP contribution in [0.2, 0.25) is 18.1 Å². The third-order valence-electron chi connectivity index (χ3n) is 5.21. The van der Waals surface area contributed by atoms with Crippen molar-refractivity contribution in [2.45, 2.75) is 91.6 Å². The van der Waals surface area contributed by atoms with Crippen molar-refractivity contribution in [3.05, 3.63) is 23.4 Å². The zero-order valence-electron chi connectivity index (χ0n) is 20.0. The van der Waals surface area contributed by atoms with E-state index in [4.69, 9.17) is 22.5 Å². The van der Waals surface area contributed by atoms with Crippen LogP contribution in [0, 0.1) is 17.8 Å². The molecule has 30 heavy (non-hydrogen) atoms. The van der Waals surface area contributed by atoms with Crippen LogP contribution in [0.3, 0.4) is 0 Å². The Morgan fingerprint density at radius 1 is 1.17 bits per heavy atom. The van der Waals surface area contributed by atoms with E-state index in [2.05, 4.69) is 44.5 Å². The molecule has 0 radical (unpaired) electrons. The Balaban J connectivity index is 5.16. The van der Waals surface area contributed by atoms with Gasteiger partial charge in [-0.25, -0.2) is 0 Å². The highest BCUT2D eigenvalue weighted by Crippen LogP contribution is 2.38. The fraction of sp³-hybridized carbons (Fsp3) is 0.652. The number of rotatable bonds is 9. The second-order valence-corrected chi connectivity index (χ2v) is 15.4. The predicted octanol–water partition coefficient (Wildman–Crippen LogP) is 5.09. The number of hydrogen-bond acceptors (Lipinski definition) is 3. The molecule has 0 unspecified atom stereocenters. The van der Waals surface area contributed by atoms with Gasteiger partial charge in [0.25, 0.3) is 5.91 Å². The highest BCUT2D eigenvalue weighted by molar-refractivity contribution is 6.74. The number of carbonyl (C=O) groups excluding carboxylic acids is 2. The van der Waals surface area contributed by atoms with Gasteiger partial charge in [0.15, 0.2) is 8.32 Å². The van der Waals surface area contributed by atoms with Crippen molar-refractivity contribution in [2.75, 3.05) is 0 Å². The largest absolute Gasteiger partial charge is 0.413 e. The minimum atomic E-state index is -1.95. The number of terminal acetylenes is 1. The first kappa shape index (κ1) is 28.4. The molecule has 0 spiro atoms. The molecule has 0 fully saturated rings. The van der Waals surface area contributed by atoms with E-state index in [-0.39, 0.29) is 17.0 Å². The average Bonchev–Trinajstić information content (AvgIpc) is 2.58. The van der Waals surface area contributed by atoms with Crippen LogP contribution in [0.25, 0.3) is 0 Å². The minimum absolute atomic E-state index is 0.0349. The third-order valence-corrected chi connectivity index (χ3v) is 9.90. The molecule has 0 aliphatic carbocycles. The van der Waals surface area contributed by atoms with E-state index in [0.29, 0.717) is 12.8 Å². The first-order valence-corrected chi connectivity index (χ1v) is 13.5. The summed E-state index contributed by atoms with van der Waals surface area (Å²) in [5.41, 5.74) is -0.485. The van der Waals surface area contributed by atoms with Gasteiger partial charge in [0, 0.05) is 5.03 Å². The van der Waals surface area contributed by atoms with Gasteiger partial charge in [0.1, 0.15) is 6.04 Å². The van der Waals surface area contributed by atoms with Crippen LogP contribution in [-0.2, 0) is 14.0 Å². The van der Waals surface area contributed by atoms with Gasteiger partial charge in [-0.3, -0.25) is 9.59 Å². The lowest BCUT2D eigenvalue weighted by Crippen LogP contribution is -2.52. The molecule has 2 N–H and O–H groups in total. The first-order chi connectivity index (χ1) is 13.5. The number of carbonyl (C=O) groups is 2. The van der Waals surface area contributed by atoms with Crippen LogP contribution in [0.15, 0.2) is 23.4 Å². The molecule has 0 aliphatic heterocycles. The molecule has 2 amide bonds. The molecule has 0 aromatic heterocycles. The second-order valence-electron chi connectivity index (χ2n) is 10.1. The van der Waals surface area contributed by atoms with E-state index in [0.717, 1.165) is 5.03 Å². The summed E-state index contributed by atoms with van der Waals surface area (Å²) in [6.45, 7) is 18.5. The third kappa shape index (κ3) is 10.5. The van der Waals surface area contributed by atoms with Gasteiger partial charge in [-0.1, -0.05) is 65.3 Å². The molecule has 170 valence electrons. The van der Waals surface area contributed by atoms with Crippen LogP contribution >= 0.6 is 11.6 Å². The van der Waals surface area contributed by atoms with Crippen LogP contribution in [0.4, 0.5) is 0 Å². The lowest BCUT2D eigenvalue weighted by molar-refractivity contribution is -0.128. The van der Waals surface area contributed by atoms with Crippen molar-refractivity contribution >= 4 is 31.7 Å². The summed E-state index contributed by atoms with van der Waals surface area (Å²) in [5.74, 6) is 1.05. The molecule has 2 atom stereocenters. The van der Waals surface area contributed by atoms with E-state index >= 15 is 0 Å². The SMILES string of the molecule is C#CC(=O)N[C@H](C(=O)N/C=C\C[C@@H](C/C=C(\C)Cl)O[Si](C)(C)C(C)(C)C)C(C)(C)C. The van der Waals surface area contributed by atoms with Gasteiger partial charge >= 0.3 is 0 Å². The molecule has 5 nitrogen and oxygen atoms in total. The summed E-state index contributed by atoms with van der Waals surface area (Å²) in [6, 6.07) is -0.744. The maximum absolute atomic E-state index is 12.6. The summed E-state index contributed by atoms with van der Waals surface area (Å²) >= 11 is 6.01. The fourth-order valence-corrected chi connectivity index (χ4v) is 3.84. The Labute approximate surface area is 189 Å². The number of amides is 2. The standard InChI is InChI=1S/C23H39ClN2O3Si/c1-11-19(27)26-20(22(3,4)5)21(28)25-16-12-13-18(15-14-17(2)24)29-30(9,10)23(6,7)8/h1,12,14,16,18,20H,13,15H2,2-10H3,(H,25,28)(H,26,27)/b16-12-,17-14+/t18-,20+/m0/s1. The first-order valence-electron chi connectivity index (χ1n) is 10.2. The Morgan fingerprint density at radius 3 is 2.17 bits per heavy atom. The molecule has 7 heteroatoms. The van der Waals surface area contributed by atoms with Crippen molar-refractivity contribution in [2.24, 2.45) is 5.41 Å². The molecule has 0 bridgehead atoms. The molecule has 0 rings (SSSR count). The number of halogens is 1. The highest BCUT2D eigenvalue weighted by atomic mass is 35.5.